The average Bonchev–Trinajstić information content (AvgIpc) is 3.12. The Morgan fingerprint density at radius 3 is 3.14 bits per heavy atom. The molecule has 9 heteroatoms. The van der Waals surface area contributed by atoms with Crippen LogP contribution in [0.25, 0.3) is 0 Å². The van der Waals surface area contributed by atoms with Gasteiger partial charge < -0.3 is 10.2 Å². The molecule has 3 heterocycles. The van der Waals surface area contributed by atoms with Gasteiger partial charge in [-0.1, -0.05) is 0 Å². The highest BCUT2D eigenvalue weighted by Crippen LogP contribution is 2.28. The van der Waals surface area contributed by atoms with Gasteiger partial charge in [0.25, 0.3) is 12.3 Å². The van der Waals surface area contributed by atoms with E-state index in [-0.39, 0.29) is 18.1 Å². The standard InChI is InChI=1S/C13H15F2N5OS/c1-2-16-13-17-9(6-22-13)12(21)20-4-3-8-7(5-20)10(11(14)15)19-18-8/h6,11H,2-5H2,1H3,(H,16,17)(H,18,19). The molecule has 118 valence electrons. The number of carbonyl (C=O) groups excluding carboxylic acids is 1. The van der Waals surface area contributed by atoms with Gasteiger partial charge in [0.15, 0.2) is 5.13 Å². The van der Waals surface area contributed by atoms with E-state index in [9.17, 15) is 13.6 Å². The highest BCUT2D eigenvalue weighted by Gasteiger charge is 2.29. The number of hydrogen-bond donors (Lipinski definition) is 2. The number of nitrogens with one attached hydrogen (secondary N) is 2. The third-order valence-electron chi connectivity index (χ3n) is 3.51. The van der Waals surface area contributed by atoms with Crippen molar-refractivity contribution in [3.63, 3.8) is 0 Å². The van der Waals surface area contributed by atoms with Crippen LogP contribution in [0.2, 0.25) is 0 Å². The summed E-state index contributed by atoms with van der Waals surface area (Å²) in [4.78, 5) is 18.2. The maximum absolute atomic E-state index is 12.9. The zero-order chi connectivity index (χ0) is 15.7. The van der Waals surface area contributed by atoms with Gasteiger partial charge in [-0.15, -0.1) is 11.3 Å². The number of fused-ring (bicyclic) bond motifs is 1. The molecule has 0 spiro atoms. The van der Waals surface area contributed by atoms with Gasteiger partial charge in [0.1, 0.15) is 11.4 Å². The van der Waals surface area contributed by atoms with Crippen LogP contribution >= 0.6 is 11.3 Å². The molecule has 0 atom stereocenters. The quantitative estimate of drug-likeness (QED) is 0.904. The van der Waals surface area contributed by atoms with Crippen LogP contribution in [0, 0.1) is 0 Å². The summed E-state index contributed by atoms with van der Waals surface area (Å²) in [7, 11) is 0. The van der Waals surface area contributed by atoms with E-state index < -0.39 is 6.43 Å². The number of aromatic nitrogens is 3. The van der Waals surface area contributed by atoms with Crippen molar-refractivity contribution >= 4 is 22.4 Å². The van der Waals surface area contributed by atoms with E-state index in [0.29, 0.717) is 35.0 Å². The summed E-state index contributed by atoms with van der Waals surface area (Å²) in [5.74, 6) is -0.243. The molecule has 3 rings (SSSR count). The van der Waals surface area contributed by atoms with Gasteiger partial charge in [-0.25, -0.2) is 13.8 Å². The Kier molecular flexibility index (Phi) is 4.06. The smallest absolute Gasteiger partial charge is 0.282 e. The van der Waals surface area contributed by atoms with Crippen molar-refractivity contribution in [1.82, 2.24) is 20.1 Å². The van der Waals surface area contributed by atoms with E-state index in [2.05, 4.69) is 20.5 Å². The minimum absolute atomic E-state index is 0.137. The van der Waals surface area contributed by atoms with E-state index in [0.717, 1.165) is 6.54 Å². The fourth-order valence-electron chi connectivity index (χ4n) is 2.44. The maximum atomic E-state index is 12.9. The number of carbonyl (C=O) groups is 1. The maximum Gasteiger partial charge on any atom is 0.282 e. The topological polar surface area (TPSA) is 73.9 Å². The molecular weight excluding hydrogens is 312 g/mol. The van der Waals surface area contributed by atoms with Crippen molar-refractivity contribution in [1.29, 1.82) is 0 Å². The Bertz CT molecular complexity index is 684. The lowest BCUT2D eigenvalue weighted by Gasteiger charge is -2.26. The highest BCUT2D eigenvalue weighted by molar-refractivity contribution is 7.13. The lowest BCUT2D eigenvalue weighted by molar-refractivity contribution is 0.0724. The second-order valence-corrected chi connectivity index (χ2v) is 5.77. The molecule has 0 aromatic carbocycles. The monoisotopic (exact) mass is 327 g/mol. The molecule has 22 heavy (non-hydrogen) atoms. The summed E-state index contributed by atoms with van der Waals surface area (Å²) in [5.41, 5.74) is 1.19. The van der Waals surface area contributed by atoms with E-state index >= 15 is 0 Å². The van der Waals surface area contributed by atoms with Crippen LogP contribution < -0.4 is 5.32 Å². The van der Waals surface area contributed by atoms with Gasteiger partial charge >= 0.3 is 0 Å². The number of thiazole rings is 1. The van der Waals surface area contributed by atoms with Crippen molar-refractivity contribution in [3.05, 3.63) is 28.0 Å². The van der Waals surface area contributed by atoms with Crippen LogP contribution in [-0.2, 0) is 13.0 Å². The number of alkyl halides is 2. The molecule has 1 aliphatic heterocycles. The first kappa shape index (κ1) is 14.9. The van der Waals surface area contributed by atoms with Gasteiger partial charge in [0.2, 0.25) is 0 Å². The second-order valence-electron chi connectivity index (χ2n) is 4.91. The van der Waals surface area contributed by atoms with Crippen molar-refractivity contribution in [2.24, 2.45) is 0 Å². The number of hydrogen-bond acceptors (Lipinski definition) is 5. The first-order chi connectivity index (χ1) is 10.6. The number of rotatable bonds is 4. The molecule has 2 aromatic rings. The Morgan fingerprint density at radius 2 is 2.41 bits per heavy atom. The van der Waals surface area contributed by atoms with Crippen LogP contribution in [-0.4, -0.2) is 39.1 Å². The molecule has 0 radical (unpaired) electrons. The lowest BCUT2D eigenvalue weighted by Crippen LogP contribution is -2.36. The minimum atomic E-state index is -2.64. The molecular formula is C13H15F2N5OS. The fourth-order valence-corrected chi connectivity index (χ4v) is 3.19. The van der Waals surface area contributed by atoms with Crippen LogP contribution in [0.3, 0.4) is 0 Å². The molecule has 0 unspecified atom stereocenters. The van der Waals surface area contributed by atoms with E-state index in [1.165, 1.54) is 16.2 Å². The molecule has 0 saturated carbocycles. The Labute approximate surface area is 129 Å². The molecule has 2 aromatic heterocycles. The Hall–Kier alpha value is -2.03. The normalized spacial score (nSPS) is 14.3. The number of halogens is 2. The average molecular weight is 327 g/mol. The van der Waals surface area contributed by atoms with E-state index in [1.54, 1.807) is 5.38 Å². The summed E-state index contributed by atoms with van der Waals surface area (Å²) in [6.45, 7) is 3.27. The van der Waals surface area contributed by atoms with Crippen LogP contribution in [0.1, 0.15) is 40.8 Å². The summed E-state index contributed by atoms with van der Waals surface area (Å²) in [6.07, 6.45) is -2.15. The van der Waals surface area contributed by atoms with E-state index in [4.69, 9.17) is 0 Å². The number of aromatic amines is 1. The van der Waals surface area contributed by atoms with Crippen molar-refractivity contribution in [3.8, 4) is 0 Å². The van der Waals surface area contributed by atoms with Crippen molar-refractivity contribution in [2.75, 3.05) is 18.4 Å². The van der Waals surface area contributed by atoms with Crippen LogP contribution in [0.15, 0.2) is 5.38 Å². The molecule has 0 fully saturated rings. The highest BCUT2D eigenvalue weighted by atomic mass is 32.1. The third-order valence-corrected chi connectivity index (χ3v) is 4.31. The molecule has 6 nitrogen and oxygen atoms in total. The third kappa shape index (κ3) is 2.68. The largest absolute Gasteiger partial charge is 0.362 e. The number of anilines is 1. The SMILES string of the molecule is CCNc1nc(C(=O)N2CCc3[nH]nc(C(F)F)c3C2)cs1. The number of nitrogens with zero attached hydrogens (tertiary/aromatic N) is 3. The number of amides is 1. The molecule has 1 amide bonds. The Morgan fingerprint density at radius 1 is 1.59 bits per heavy atom. The van der Waals surface area contributed by atoms with Crippen LogP contribution in [0.5, 0.6) is 0 Å². The van der Waals surface area contributed by atoms with Gasteiger partial charge in [-0.2, -0.15) is 5.10 Å². The van der Waals surface area contributed by atoms with Gasteiger partial charge in [0.05, 0.1) is 0 Å². The van der Waals surface area contributed by atoms with Gasteiger partial charge in [-0.05, 0) is 6.92 Å². The predicted octanol–water partition coefficient (Wildman–Crippen LogP) is 2.43. The predicted molar refractivity (Wildman–Crippen MR) is 78.3 cm³/mol. The summed E-state index contributed by atoms with van der Waals surface area (Å²) < 4.78 is 25.8. The van der Waals surface area contributed by atoms with Crippen molar-refractivity contribution in [2.45, 2.75) is 26.3 Å². The molecule has 2 N–H and O–H groups in total. The second kappa shape index (κ2) is 5.99. The van der Waals surface area contributed by atoms with Crippen LogP contribution in [0.4, 0.5) is 13.9 Å². The summed E-state index contributed by atoms with van der Waals surface area (Å²) >= 11 is 1.35. The van der Waals surface area contributed by atoms with E-state index in [1.807, 2.05) is 6.92 Å². The summed E-state index contributed by atoms with van der Waals surface area (Å²) in [5, 5.41) is 11.7. The lowest BCUT2D eigenvalue weighted by atomic mass is 10.1. The first-order valence-corrected chi connectivity index (χ1v) is 7.81. The molecule has 0 saturated heterocycles. The first-order valence-electron chi connectivity index (χ1n) is 6.93. The number of H-pyrrole nitrogens is 1. The molecule has 1 aliphatic rings. The molecule has 0 bridgehead atoms. The summed E-state index contributed by atoms with van der Waals surface area (Å²) in [6, 6.07) is 0. The van der Waals surface area contributed by atoms with Gasteiger partial charge in [-0.3, -0.25) is 9.89 Å². The Balaban J connectivity index is 1.78. The van der Waals surface area contributed by atoms with Gasteiger partial charge in [0, 0.05) is 42.7 Å². The van der Waals surface area contributed by atoms with Crippen molar-refractivity contribution < 1.29 is 13.6 Å². The zero-order valence-corrected chi connectivity index (χ0v) is 12.7. The fraction of sp³-hybridized carbons (Fsp3) is 0.462. The zero-order valence-electron chi connectivity index (χ0n) is 11.9. The minimum Gasteiger partial charge on any atom is -0.362 e. The molecule has 0 aliphatic carbocycles.